The van der Waals surface area contributed by atoms with Gasteiger partial charge in [-0.1, -0.05) is 83.8 Å². The summed E-state index contributed by atoms with van der Waals surface area (Å²) in [6.07, 6.45) is 0. The van der Waals surface area contributed by atoms with E-state index in [1.807, 2.05) is 97.1 Å². The number of nitrogens with zero attached hydrogens (tertiary/aromatic N) is 1. The van der Waals surface area contributed by atoms with E-state index in [2.05, 4.69) is 6.07 Å². The third-order valence-electron chi connectivity index (χ3n) is 6.09. The fourth-order valence-electron chi connectivity index (χ4n) is 4.61. The molecule has 7 heteroatoms. The lowest BCUT2D eigenvalue weighted by Crippen LogP contribution is -2.31. The van der Waals surface area contributed by atoms with Gasteiger partial charge in [0.2, 0.25) is 0 Å². The van der Waals surface area contributed by atoms with E-state index in [1.54, 1.807) is 20.8 Å². The third kappa shape index (κ3) is 6.54. The maximum Gasteiger partial charge on any atom is 0.190 e. The van der Waals surface area contributed by atoms with E-state index in [-0.39, 0.29) is 15.3 Å². The normalized spacial score (nSPS) is 11.0. The molecule has 0 unspecified atom stereocenters. The molecule has 4 aromatic rings. The molecule has 0 N–H and O–H groups in total. The second-order valence-electron chi connectivity index (χ2n) is 8.79. The molecule has 4 nitrogen and oxygen atoms in total. The number of hydrogen-bond donors (Lipinski definition) is 0. The lowest BCUT2D eigenvalue weighted by atomic mass is 9.65. The van der Waals surface area contributed by atoms with Crippen LogP contribution in [0, 0.1) is 11.3 Å². The van der Waals surface area contributed by atoms with E-state index in [0.29, 0.717) is 5.56 Å². The van der Waals surface area contributed by atoms with Crippen LogP contribution in [0.2, 0.25) is 0 Å². The van der Waals surface area contributed by atoms with Crippen molar-refractivity contribution in [2.45, 2.75) is 40.9 Å². The summed E-state index contributed by atoms with van der Waals surface area (Å²) in [7, 11) is 0. The molecular weight excluding hydrogens is 543 g/mol. The summed E-state index contributed by atoms with van der Waals surface area (Å²) in [6, 6.07) is 33.6. The number of carbonyl (C=O) groups excluding carboxylic acids is 3. The van der Waals surface area contributed by atoms with Gasteiger partial charge in [0.05, 0.1) is 17.0 Å². The molecule has 0 saturated heterocycles. The quantitative estimate of drug-likeness (QED) is 0.166. The van der Waals surface area contributed by atoms with Crippen molar-refractivity contribution in [3.8, 4) is 6.07 Å². The zero-order chi connectivity index (χ0) is 28.0. The molecule has 0 saturated carbocycles. The van der Waals surface area contributed by atoms with Gasteiger partial charge in [0.25, 0.3) is 0 Å². The lowest BCUT2D eigenvalue weighted by Gasteiger charge is -2.37. The Morgan fingerprint density at radius 3 is 1.00 bits per heavy atom. The van der Waals surface area contributed by atoms with Gasteiger partial charge in [-0.15, -0.1) is 0 Å². The molecule has 194 valence electrons. The maximum atomic E-state index is 11.7. The molecule has 0 aliphatic heterocycles. The van der Waals surface area contributed by atoms with Crippen LogP contribution in [0.15, 0.2) is 112 Å². The summed E-state index contributed by atoms with van der Waals surface area (Å²) in [5, 5.41) is 9.49. The molecule has 0 bridgehead atoms. The minimum Gasteiger partial charge on any atom is -0.287 e. The number of benzene rings is 4. The van der Waals surface area contributed by atoms with E-state index in [9.17, 15) is 19.6 Å². The van der Waals surface area contributed by atoms with Crippen LogP contribution in [0.3, 0.4) is 0 Å². The molecule has 4 aromatic carbocycles. The average Bonchev–Trinajstić information content (AvgIpc) is 2.91. The number of thioether (sulfide) groups is 3. The van der Waals surface area contributed by atoms with Crippen molar-refractivity contribution in [2.24, 2.45) is 0 Å². The minimum atomic E-state index is -0.785. The van der Waals surface area contributed by atoms with Crippen molar-refractivity contribution < 1.29 is 14.4 Å². The Morgan fingerprint density at radius 1 is 0.513 bits per heavy atom. The first-order valence-corrected chi connectivity index (χ1v) is 14.5. The topological polar surface area (TPSA) is 75.0 Å². The van der Waals surface area contributed by atoms with E-state index < -0.39 is 5.41 Å². The molecule has 0 atom stereocenters. The van der Waals surface area contributed by atoms with E-state index in [4.69, 9.17) is 0 Å². The van der Waals surface area contributed by atoms with Gasteiger partial charge in [0.15, 0.2) is 15.3 Å². The highest BCUT2D eigenvalue weighted by Gasteiger charge is 2.38. The molecule has 0 amide bonds. The summed E-state index contributed by atoms with van der Waals surface area (Å²) in [5.41, 5.74) is 3.64. The Bertz CT molecular complexity index is 1390. The van der Waals surface area contributed by atoms with Gasteiger partial charge in [0, 0.05) is 35.5 Å². The molecule has 0 spiro atoms. The van der Waals surface area contributed by atoms with Crippen LogP contribution in [0.5, 0.6) is 0 Å². The summed E-state index contributed by atoms with van der Waals surface area (Å²) in [5.74, 6) is 0. The predicted molar refractivity (Wildman–Crippen MR) is 159 cm³/mol. The first-order chi connectivity index (χ1) is 18.7. The van der Waals surface area contributed by atoms with Gasteiger partial charge in [-0.2, -0.15) is 5.26 Å². The highest BCUT2D eigenvalue weighted by atomic mass is 32.2. The Morgan fingerprint density at radius 2 is 0.769 bits per heavy atom. The van der Waals surface area contributed by atoms with E-state index >= 15 is 0 Å². The third-order valence-corrected chi connectivity index (χ3v) is 8.48. The first-order valence-electron chi connectivity index (χ1n) is 12.1. The van der Waals surface area contributed by atoms with Crippen molar-refractivity contribution >= 4 is 50.6 Å². The van der Waals surface area contributed by atoms with Crippen LogP contribution in [0.4, 0.5) is 0 Å². The maximum absolute atomic E-state index is 11.7. The molecule has 39 heavy (non-hydrogen) atoms. The van der Waals surface area contributed by atoms with Crippen LogP contribution in [-0.2, 0) is 19.8 Å². The highest BCUT2D eigenvalue weighted by molar-refractivity contribution is 8.14. The van der Waals surface area contributed by atoms with Gasteiger partial charge in [0.1, 0.15) is 0 Å². The Labute approximate surface area is 241 Å². The first kappa shape index (κ1) is 28.4. The fraction of sp³-hybridized carbons (Fsp3) is 0.125. The molecule has 0 aromatic heterocycles. The molecule has 4 rings (SSSR count). The summed E-state index contributed by atoms with van der Waals surface area (Å²) in [4.78, 5) is 37.7. The van der Waals surface area contributed by atoms with Crippen LogP contribution in [-0.4, -0.2) is 15.3 Å². The number of nitriles is 1. The Kier molecular flexibility index (Phi) is 9.13. The van der Waals surface area contributed by atoms with Crippen molar-refractivity contribution in [3.63, 3.8) is 0 Å². The predicted octanol–water partition coefficient (Wildman–Crippen LogP) is 7.86. The monoisotopic (exact) mass is 567 g/mol. The standard InChI is InChI=1S/C32H25NO3S3/c1-21(34)37-29-14-8-26(9-15-29)32(25-6-4-24(20-33)5-7-25,27-10-16-30(17-11-27)38-22(2)35)28-12-18-31(19-13-28)39-23(3)36/h4-19H,1-3H3. The minimum absolute atomic E-state index is 0.0122. The van der Waals surface area contributed by atoms with Gasteiger partial charge in [-0.3, -0.25) is 14.4 Å². The van der Waals surface area contributed by atoms with Crippen LogP contribution in [0.25, 0.3) is 0 Å². The van der Waals surface area contributed by atoms with Crippen LogP contribution < -0.4 is 0 Å². The Hall–Kier alpha value is -3.57. The largest absolute Gasteiger partial charge is 0.287 e. The molecular formula is C32H25NO3S3. The summed E-state index contributed by atoms with van der Waals surface area (Å²) < 4.78 is 0. The molecule has 0 radical (unpaired) electrons. The highest BCUT2D eigenvalue weighted by Crippen LogP contribution is 2.46. The van der Waals surface area contributed by atoms with E-state index in [0.717, 1.165) is 36.9 Å². The van der Waals surface area contributed by atoms with E-state index in [1.165, 1.54) is 35.3 Å². The van der Waals surface area contributed by atoms with Crippen molar-refractivity contribution in [3.05, 3.63) is 125 Å². The fourth-order valence-corrected chi connectivity index (χ4v) is 6.42. The van der Waals surface area contributed by atoms with Crippen LogP contribution >= 0.6 is 35.3 Å². The van der Waals surface area contributed by atoms with Gasteiger partial charge < -0.3 is 0 Å². The zero-order valence-corrected chi connectivity index (χ0v) is 24.1. The van der Waals surface area contributed by atoms with Gasteiger partial charge in [-0.05, 0) is 70.8 Å². The van der Waals surface area contributed by atoms with Crippen molar-refractivity contribution in [2.75, 3.05) is 0 Å². The number of carbonyl (C=O) groups is 3. The average molecular weight is 568 g/mol. The van der Waals surface area contributed by atoms with Crippen molar-refractivity contribution in [1.29, 1.82) is 5.26 Å². The van der Waals surface area contributed by atoms with Crippen molar-refractivity contribution in [1.82, 2.24) is 0 Å². The smallest absolute Gasteiger partial charge is 0.190 e. The molecule has 0 aliphatic carbocycles. The molecule has 0 aliphatic rings. The lowest BCUT2D eigenvalue weighted by molar-refractivity contribution is -0.109. The molecule has 0 heterocycles. The van der Waals surface area contributed by atoms with Crippen LogP contribution in [0.1, 0.15) is 48.6 Å². The Balaban J connectivity index is 2.00. The summed E-state index contributed by atoms with van der Waals surface area (Å²) >= 11 is 3.54. The molecule has 0 fully saturated rings. The van der Waals surface area contributed by atoms with Gasteiger partial charge in [-0.25, -0.2) is 0 Å². The second-order valence-corrected chi connectivity index (χ2v) is 12.5. The SMILES string of the molecule is CC(=O)Sc1ccc(C(c2ccc(C#N)cc2)(c2ccc(SC(C)=O)cc2)c2ccc(SC(C)=O)cc2)cc1. The zero-order valence-electron chi connectivity index (χ0n) is 21.6. The van der Waals surface area contributed by atoms with Gasteiger partial charge >= 0.3 is 0 Å². The second kappa shape index (κ2) is 12.5. The summed E-state index contributed by atoms with van der Waals surface area (Å²) in [6.45, 7) is 4.63. The number of hydrogen-bond acceptors (Lipinski definition) is 7. The number of rotatable bonds is 7.